The molecule has 0 saturated heterocycles. The smallest absolute Gasteiger partial charge is 0.495 e. The van der Waals surface area contributed by atoms with Crippen LogP contribution in [0.5, 0.6) is 17.2 Å². The van der Waals surface area contributed by atoms with Gasteiger partial charge in [-0.05, 0) is 188 Å². The summed E-state index contributed by atoms with van der Waals surface area (Å²) in [6.45, 7) is 0. The molecule has 8 N–H and O–H groups in total. The normalized spacial score (nSPS) is 10.8. The highest BCUT2D eigenvalue weighted by atomic mass is 35.5. The van der Waals surface area contributed by atoms with Crippen molar-refractivity contribution in [3.8, 4) is 84.5 Å². The van der Waals surface area contributed by atoms with Gasteiger partial charge in [-0.1, -0.05) is 168 Å². The van der Waals surface area contributed by atoms with E-state index in [2.05, 4.69) is 45.9 Å². The lowest BCUT2D eigenvalue weighted by Crippen LogP contribution is -2.27. The number of carbonyl (C=O) groups is 4. The van der Waals surface area contributed by atoms with Crippen molar-refractivity contribution in [2.45, 2.75) is 32.0 Å². The van der Waals surface area contributed by atoms with E-state index in [0.717, 1.165) is 83.5 Å². The molecule has 0 spiro atoms. The summed E-state index contributed by atoms with van der Waals surface area (Å²) in [5.74, 6) is -1.98. The number of amides is 4. The molecular formula is C99H74Cl3F5N12O15. The average Bonchev–Trinajstić information content (AvgIpc) is 0.817. The van der Waals surface area contributed by atoms with Crippen molar-refractivity contribution in [1.82, 2.24) is 38.2 Å². The lowest BCUT2D eigenvalue weighted by atomic mass is 10.0. The van der Waals surface area contributed by atoms with E-state index in [1.807, 2.05) is 115 Å². The molecule has 0 bridgehead atoms. The summed E-state index contributed by atoms with van der Waals surface area (Å²) >= 11 is 18.5. The topological polar surface area (TPSA) is 364 Å². The summed E-state index contributed by atoms with van der Waals surface area (Å²) in [6.07, 6.45) is 0.741. The Morgan fingerprint density at radius 1 is 0.321 bits per heavy atom. The van der Waals surface area contributed by atoms with Gasteiger partial charge in [-0.2, -0.15) is 0 Å². The number of aromatic amines is 4. The van der Waals surface area contributed by atoms with Gasteiger partial charge in [0.15, 0.2) is 0 Å². The third-order valence-corrected chi connectivity index (χ3v) is 20.7. The van der Waals surface area contributed by atoms with Gasteiger partial charge in [0.2, 0.25) is 23.6 Å². The van der Waals surface area contributed by atoms with Gasteiger partial charge in [0.25, 0.3) is 22.2 Å². The predicted molar refractivity (Wildman–Crippen MR) is 502 cm³/mol. The van der Waals surface area contributed by atoms with Crippen LogP contribution in [0.1, 0.15) is 22.3 Å². The molecule has 12 aromatic carbocycles. The number of carbonyl (C=O) groups excluding carboxylic acids is 4. The Kier molecular flexibility index (Phi) is 30.8. The fourth-order valence-electron chi connectivity index (χ4n) is 13.6. The number of nitrogens with one attached hydrogen (secondary N) is 8. The molecule has 676 valence electrons. The van der Waals surface area contributed by atoms with Crippen molar-refractivity contribution in [1.29, 1.82) is 0 Å². The Morgan fingerprint density at radius 2 is 0.612 bits per heavy atom. The molecule has 4 aromatic heterocycles. The molecule has 0 radical (unpaired) electrons. The van der Waals surface area contributed by atoms with E-state index in [1.54, 1.807) is 111 Å². The molecule has 0 aliphatic heterocycles. The lowest BCUT2D eigenvalue weighted by Gasteiger charge is -2.11. The monoisotopic (exact) mass is 1870 g/mol. The molecule has 27 nitrogen and oxygen atoms in total. The number of methoxy groups -OCH3 is 2. The summed E-state index contributed by atoms with van der Waals surface area (Å²) in [4.78, 5) is 151. The Labute approximate surface area is 770 Å². The number of nitrogens with zero attached hydrogens (tertiary/aromatic N) is 4. The number of anilines is 4. The van der Waals surface area contributed by atoms with Gasteiger partial charge in [-0.3, -0.25) is 76.6 Å². The zero-order valence-corrected chi connectivity index (χ0v) is 72.6. The van der Waals surface area contributed by atoms with E-state index in [9.17, 15) is 79.5 Å². The maximum Gasteiger partial charge on any atom is 0.573 e. The molecule has 0 fully saturated rings. The summed E-state index contributed by atoms with van der Waals surface area (Å²) in [7, 11) is 3.11. The van der Waals surface area contributed by atoms with Crippen LogP contribution in [-0.4, -0.2) is 82.4 Å². The van der Waals surface area contributed by atoms with E-state index in [0.29, 0.717) is 66.0 Å². The molecule has 4 heterocycles. The number of hydrogen-bond donors (Lipinski definition) is 8. The molecule has 16 aromatic rings. The molecule has 0 aliphatic rings. The van der Waals surface area contributed by atoms with Gasteiger partial charge >= 0.3 is 29.1 Å². The number of hydrogen-bond acceptors (Lipinski definition) is 15. The van der Waals surface area contributed by atoms with Crippen molar-refractivity contribution in [3.63, 3.8) is 0 Å². The highest BCUT2D eigenvalue weighted by Crippen LogP contribution is 2.35. The number of benzene rings is 12. The minimum absolute atomic E-state index is 0.0238. The fourth-order valence-corrected chi connectivity index (χ4v) is 14.3. The van der Waals surface area contributed by atoms with Crippen LogP contribution >= 0.6 is 34.8 Å². The number of H-pyrrole nitrogens is 4. The van der Waals surface area contributed by atoms with E-state index >= 15 is 0 Å². The Morgan fingerprint density at radius 3 is 0.918 bits per heavy atom. The van der Waals surface area contributed by atoms with Gasteiger partial charge in [0, 0.05) is 77.6 Å². The van der Waals surface area contributed by atoms with Crippen LogP contribution in [-0.2, 0) is 44.9 Å². The number of aromatic nitrogens is 8. The predicted octanol–water partition coefficient (Wildman–Crippen LogP) is 16.7. The quantitative estimate of drug-likeness (QED) is 0.0276. The summed E-state index contributed by atoms with van der Waals surface area (Å²) < 4.78 is 85.8. The Balaban J connectivity index is 0.000000152. The lowest BCUT2D eigenvalue weighted by molar-refractivity contribution is -0.274. The molecule has 4 amide bonds. The van der Waals surface area contributed by atoms with E-state index in [1.165, 1.54) is 88.5 Å². The van der Waals surface area contributed by atoms with Gasteiger partial charge < -0.3 is 35.5 Å². The fraction of sp³-hybridized carbons (Fsp3) is 0.0707. The maximum absolute atomic E-state index is 14.6. The molecule has 0 aliphatic carbocycles. The first-order valence-corrected chi connectivity index (χ1v) is 41.4. The van der Waals surface area contributed by atoms with Crippen LogP contribution in [0.25, 0.3) is 67.3 Å². The van der Waals surface area contributed by atoms with Crippen molar-refractivity contribution >= 4 is 81.2 Å². The largest absolute Gasteiger partial charge is 0.573 e. The Hall–Kier alpha value is -16.8. The van der Waals surface area contributed by atoms with Crippen molar-refractivity contribution in [3.05, 3.63) is 448 Å². The van der Waals surface area contributed by atoms with Crippen LogP contribution in [0.15, 0.2) is 354 Å². The van der Waals surface area contributed by atoms with Crippen molar-refractivity contribution < 1.29 is 55.3 Å². The van der Waals surface area contributed by atoms with Crippen LogP contribution in [0.4, 0.5) is 44.7 Å². The van der Waals surface area contributed by atoms with Crippen LogP contribution in [0.3, 0.4) is 0 Å². The van der Waals surface area contributed by atoms with Gasteiger partial charge in [0.05, 0.1) is 84.1 Å². The average molecular weight is 1870 g/mol. The number of ether oxygens (including phenoxy) is 3. The summed E-state index contributed by atoms with van der Waals surface area (Å²) in [5.41, 5.74) is 7.66. The van der Waals surface area contributed by atoms with E-state index in [-0.39, 0.29) is 66.0 Å². The number of rotatable bonds is 23. The number of halogens is 8. The second-order valence-corrected chi connectivity index (χ2v) is 30.6. The van der Waals surface area contributed by atoms with Gasteiger partial charge in [0.1, 0.15) is 28.9 Å². The standard InChI is InChI=1S/C25H19ClFN3O4.C25H20ClN3O4.C25H17F4N3O4.C24H18ClN3O3/c1-34-22-8-5-17(13-19(22)26)16-4-2-3-15(11-16)12-24(32)28-21-7-6-18(14-20(21)27)30-10-9-23(31)29-25(30)33;1-33-22-10-5-18(15-21(22)26)17-4-2-3-16(13-17)14-24(31)27-19-6-8-20(9-7-19)29-12-11-23(30)28-25(29)32;26-20-14-18(32-10-9-22(33)31-24(32)35)7-8-21(20)30-23(34)12-15-3-1-4-16(11-15)17-5-2-6-19(13-17)36-25(27,28)29;25-19-6-2-5-18(15-19)17-4-1-3-16(13-17)14-23(30)26-20-7-9-21(10-8-20)28-12-11-22(29)27-24(28)31/h2-11,13-14H,12H2,1H3,(H,28,32)(H,29,31,33);2-13,15H,14H2,1H3,(H,27,31)(H,28,30,32);1-11,13-14H,12H2,(H,30,34)(H,31,33,35);1-13,15H,14H2,(H,26,30)(H,27,29,31). The molecule has 16 rings (SSSR count). The van der Waals surface area contributed by atoms with Crippen LogP contribution < -0.4 is 80.5 Å². The molecular weight excluding hydrogens is 1800 g/mol. The molecule has 0 unspecified atom stereocenters. The first kappa shape index (κ1) is 94.8. The van der Waals surface area contributed by atoms with E-state index < -0.39 is 74.8 Å². The molecule has 0 atom stereocenters. The second-order valence-electron chi connectivity index (χ2n) is 29.3. The first-order chi connectivity index (χ1) is 64.3. The SMILES string of the molecule is COc1ccc(-c2cccc(CC(=O)Nc3ccc(-n4ccc(=O)[nH]c4=O)cc3)c2)cc1Cl.COc1ccc(-c2cccc(CC(=O)Nc3ccc(-n4ccc(=O)[nH]c4=O)cc3F)c2)cc1Cl.O=C(Cc1cccc(-c2cccc(Cl)c2)c1)Nc1ccc(-n2ccc(=O)[nH]c2=O)cc1.O=C(Cc1cccc(-c2cccc(OC(F)(F)F)c2)c1)Nc1ccc(-n2ccc(=O)[nH]c2=O)cc1F. The maximum atomic E-state index is 14.6. The molecule has 35 heteroatoms. The van der Waals surface area contributed by atoms with Crippen LogP contribution in [0.2, 0.25) is 15.1 Å². The number of alkyl halides is 3. The summed E-state index contributed by atoms with van der Waals surface area (Å²) in [6, 6.07) is 79.4. The van der Waals surface area contributed by atoms with Gasteiger partial charge in [-0.25, -0.2) is 28.0 Å². The third-order valence-electron chi connectivity index (χ3n) is 19.9. The van der Waals surface area contributed by atoms with Crippen molar-refractivity contribution in [2.75, 3.05) is 35.5 Å². The molecule has 0 saturated carbocycles. The second kappa shape index (κ2) is 43.5. The zero-order valence-electron chi connectivity index (χ0n) is 70.3. The highest BCUT2D eigenvalue weighted by molar-refractivity contribution is 6.33. The van der Waals surface area contributed by atoms with E-state index in [4.69, 9.17) is 44.3 Å². The van der Waals surface area contributed by atoms with Crippen molar-refractivity contribution in [2.24, 2.45) is 0 Å². The van der Waals surface area contributed by atoms with Gasteiger partial charge in [-0.15, -0.1) is 13.2 Å². The third kappa shape index (κ3) is 26.0. The Bertz CT molecular complexity index is 7610. The minimum atomic E-state index is -4.82. The highest BCUT2D eigenvalue weighted by Gasteiger charge is 2.31. The molecule has 134 heavy (non-hydrogen) atoms. The minimum Gasteiger partial charge on any atom is -0.495 e. The zero-order chi connectivity index (χ0) is 95.3. The van der Waals surface area contributed by atoms with Crippen LogP contribution in [0, 0.1) is 11.6 Å². The summed E-state index contributed by atoms with van der Waals surface area (Å²) in [5, 5.41) is 12.4. The first-order valence-electron chi connectivity index (χ1n) is 40.3.